The number of aromatic nitrogens is 1. The summed E-state index contributed by atoms with van der Waals surface area (Å²) in [5.41, 5.74) is 0.978. The number of hydrogen-bond acceptors (Lipinski definition) is 5. The minimum Gasteiger partial charge on any atom is -0.321 e. The van der Waals surface area contributed by atoms with Crippen LogP contribution in [0.15, 0.2) is 42.5 Å². The fourth-order valence-electron chi connectivity index (χ4n) is 3.64. The number of hydrogen-bond donors (Lipinski definition) is 0. The number of halogens is 3. The third-order valence-electron chi connectivity index (χ3n) is 5.29. The molecule has 1 fully saturated rings. The summed E-state index contributed by atoms with van der Waals surface area (Å²) in [6, 6.07) is 13.0. The second-order valence-electron chi connectivity index (χ2n) is 7.43. The maximum atomic E-state index is 13.6. The van der Waals surface area contributed by atoms with E-state index in [1.807, 2.05) is 0 Å². The van der Waals surface area contributed by atoms with E-state index in [0.29, 0.717) is 38.7 Å². The molecule has 0 radical (unpaired) electrons. The molecular weight excluding hydrogens is 503 g/mol. The first-order valence-electron chi connectivity index (χ1n) is 10.0. The summed E-state index contributed by atoms with van der Waals surface area (Å²) in [7, 11) is 0. The Bertz CT molecular complexity index is 1270. The number of amides is 2. The zero-order valence-electron chi connectivity index (χ0n) is 17.4. The summed E-state index contributed by atoms with van der Waals surface area (Å²) in [5.74, 6) is -0.741. The Morgan fingerprint density at radius 2 is 1.85 bits per heavy atom. The molecule has 1 aromatic heterocycles. The second kappa shape index (κ2) is 9.70. The van der Waals surface area contributed by atoms with Crippen molar-refractivity contribution < 1.29 is 9.59 Å². The molecule has 0 N–H and O–H groups in total. The van der Waals surface area contributed by atoms with E-state index in [4.69, 9.17) is 34.8 Å². The SMILES string of the molecule is Cc1sc(N(C(=O)c2ccc(Cl)cc2Cl)c2ccc(Cl)cc2)nc1C(=O)N1CCC[C@@H]1C#N. The number of thiazole rings is 1. The molecule has 1 aliphatic heterocycles. The standard InChI is InChI=1S/C23H17Cl3N4O2S/c1-13-20(22(32)29-10-2-3-17(29)12-27)28-23(33-13)30(16-7-4-14(24)5-8-16)21(31)18-9-6-15(25)11-19(18)26/h4-9,11,17H,2-3,10H2,1H3/t17-/m1/s1. The highest BCUT2D eigenvalue weighted by Crippen LogP contribution is 2.36. The van der Waals surface area contributed by atoms with E-state index >= 15 is 0 Å². The molecule has 0 saturated carbocycles. The Labute approximate surface area is 209 Å². The topological polar surface area (TPSA) is 77.3 Å². The van der Waals surface area contributed by atoms with Crippen LogP contribution >= 0.6 is 46.1 Å². The summed E-state index contributed by atoms with van der Waals surface area (Å²) in [5, 5.41) is 10.8. The number of carbonyl (C=O) groups excluding carboxylic acids is 2. The van der Waals surface area contributed by atoms with Crippen molar-refractivity contribution in [2.24, 2.45) is 0 Å². The van der Waals surface area contributed by atoms with Crippen LogP contribution in [0.4, 0.5) is 10.8 Å². The lowest BCUT2D eigenvalue weighted by atomic mass is 10.2. The van der Waals surface area contributed by atoms with Gasteiger partial charge in [-0.1, -0.05) is 34.8 Å². The zero-order chi connectivity index (χ0) is 23.7. The minimum absolute atomic E-state index is 0.199. The van der Waals surface area contributed by atoms with Crippen LogP contribution in [0.5, 0.6) is 0 Å². The molecule has 3 aromatic rings. The molecule has 4 rings (SSSR count). The third-order valence-corrected chi connectivity index (χ3v) is 7.05. The Balaban J connectivity index is 1.78. The van der Waals surface area contributed by atoms with E-state index in [1.165, 1.54) is 27.2 Å². The lowest BCUT2D eigenvalue weighted by molar-refractivity contribution is 0.0758. The second-order valence-corrected chi connectivity index (χ2v) is 9.89. The van der Waals surface area contributed by atoms with E-state index in [1.54, 1.807) is 43.3 Å². The van der Waals surface area contributed by atoms with Gasteiger partial charge in [0.15, 0.2) is 5.13 Å². The smallest absolute Gasteiger partial charge is 0.274 e. The molecule has 0 bridgehead atoms. The first kappa shape index (κ1) is 23.5. The number of carbonyl (C=O) groups is 2. The van der Waals surface area contributed by atoms with Gasteiger partial charge in [0.25, 0.3) is 11.8 Å². The number of likely N-dealkylation sites (tertiary alicyclic amines) is 1. The summed E-state index contributed by atoms with van der Waals surface area (Å²) >= 11 is 19.6. The average molecular weight is 520 g/mol. The highest BCUT2D eigenvalue weighted by atomic mass is 35.5. The molecule has 1 atom stereocenters. The van der Waals surface area contributed by atoms with Gasteiger partial charge in [-0.25, -0.2) is 4.98 Å². The summed E-state index contributed by atoms with van der Waals surface area (Å²) in [6.07, 6.45) is 1.41. The lowest BCUT2D eigenvalue weighted by Crippen LogP contribution is -2.35. The van der Waals surface area contributed by atoms with Gasteiger partial charge in [0, 0.05) is 21.5 Å². The first-order chi connectivity index (χ1) is 15.8. The molecule has 10 heteroatoms. The van der Waals surface area contributed by atoms with Crippen molar-refractivity contribution >= 4 is 68.8 Å². The molecule has 0 aliphatic carbocycles. The predicted molar refractivity (Wildman–Crippen MR) is 131 cm³/mol. The molecule has 2 aromatic carbocycles. The third kappa shape index (κ3) is 4.71. The Morgan fingerprint density at radius 3 is 2.52 bits per heavy atom. The van der Waals surface area contributed by atoms with Crippen LogP contribution in [0.3, 0.4) is 0 Å². The van der Waals surface area contributed by atoms with E-state index in [2.05, 4.69) is 11.1 Å². The predicted octanol–water partition coefficient (Wildman–Crippen LogP) is 6.52. The normalized spacial score (nSPS) is 15.4. The Kier molecular flexibility index (Phi) is 6.91. The van der Waals surface area contributed by atoms with E-state index in [-0.39, 0.29) is 22.2 Å². The van der Waals surface area contributed by atoms with Gasteiger partial charge >= 0.3 is 0 Å². The number of nitriles is 1. The van der Waals surface area contributed by atoms with Crippen LogP contribution in [-0.2, 0) is 0 Å². The fraction of sp³-hybridized carbons (Fsp3) is 0.217. The quantitative estimate of drug-likeness (QED) is 0.393. The molecule has 6 nitrogen and oxygen atoms in total. The lowest BCUT2D eigenvalue weighted by Gasteiger charge is -2.21. The number of benzene rings is 2. The van der Waals surface area contributed by atoms with Crippen molar-refractivity contribution in [2.75, 3.05) is 11.4 Å². The molecular formula is C23H17Cl3N4O2S. The van der Waals surface area contributed by atoms with Gasteiger partial charge in [-0.05, 0) is 62.2 Å². The van der Waals surface area contributed by atoms with Gasteiger partial charge in [0.05, 0.1) is 22.3 Å². The highest BCUT2D eigenvalue weighted by Gasteiger charge is 2.33. The van der Waals surface area contributed by atoms with Gasteiger partial charge in [-0.15, -0.1) is 11.3 Å². The van der Waals surface area contributed by atoms with Gasteiger partial charge in [0.2, 0.25) is 0 Å². The summed E-state index contributed by atoms with van der Waals surface area (Å²) in [4.78, 5) is 34.9. The van der Waals surface area contributed by atoms with Crippen LogP contribution in [0.25, 0.3) is 0 Å². The van der Waals surface area contributed by atoms with Crippen molar-refractivity contribution in [2.45, 2.75) is 25.8 Å². The number of anilines is 2. The molecule has 0 spiro atoms. The van der Waals surface area contributed by atoms with Gasteiger partial charge in [-0.2, -0.15) is 5.26 Å². The monoisotopic (exact) mass is 518 g/mol. The van der Waals surface area contributed by atoms with E-state index < -0.39 is 11.9 Å². The molecule has 168 valence electrons. The number of aryl methyl sites for hydroxylation is 1. The first-order valence-corrected chi connectivity index (χ1v) is 12.0. The van der Waals surface area contributed by atoms with E-state index in [9.17, 15) is 14.9 Å². The van der Waals surface area contributed by atoms with Crippen LogP contribution in [0.1, 0.15) is 38.6 Å². The number of nitrogens with zero attached hydrogens (tertiary/aromatic N) is 4. The number of rotatable bonds is 4. The van der Waals surface area contributed by atoms with Crippen molar-refractivity contribution in [1.82, 2.24) is 9.88 Å². The average Bonchev–Trinajstić information content (AvgIpc) is 3.41. The Morgan fingerprint density at radius 1 is 1.15 bits per heavy atom. The van der Waals surface area contributed by atoms with Gasteiger partial charge in [-0.3, -0.25) is 14.5 Å². The van der Waals surface area contributed by atoms with Crippen molar-refractivity contribution in [1.29, 1.82) is 5.26 Å². The Hall–Kier alpha value is -2.63. The fourth-order valence-corrected chi connectivity index (χ4v) is 5.18. The van der Waals surface area contributed by atoms with Crippen molar-refractivity contribution in [3.63, 3.8) is 0 Å². The zero-order valence-corrected chi connectivity index (χ0v) is 20.5. The molecule has 1 saturated heterocycles. The van der Waals surface area contributed by atoms with Crippen molar-refractivity contribution in [3.8, 4) is 6.07 Å². The summed E-state index contributed by atoms with van der Waals surface area (Å²) < 4.78 is 0. The summed E-state index contributed by atoms with van der Waals surface area (Å²) in [6.45, 7) is 2.27. The highest BCUT2D eigenvalue weighted by molar-refractivity contribution is 7.16. The molecule has 1 aliphatic rings. The van der Waals surface area contributed by atoms with Gasteiger partial charge < -0.3 is 4.90 Å². The molecule has 0 unspecified atom stereocenters. The minimum atomic E-state index is -0.469. The van der Waals surface area contributed by atoms with Crippen LogP contribution < -0.4 is 4.90 Å². The van der Waals surface area contributed by atoms with Crippen molar-refractivity contribution in [3.05, 3.63) is 73.7 Å². The molecule has 2 heterocycles. The molecule has 2 amide bonds. The van der Waals surface area contributed by atoms with Gasteiger partial charge in [0.1, 0.15) is 11.7 Å². The van der Waals surface area contributed by atoms with E-state index in [0.717, 1.165) is 6.42 Å². The maximum Gasteiger partial charge on any atom is 0.274 e. The maximum absolute atomic E-state index is 13.6. The van der Waals surface area contributed by atoms with Crippen LogP contribution in [0, 0.1) is 18.3 Å². The molecule has 33 heavy (non-hydrogen) atoms. The van der Waals surface area contributed by atoms with Crippen LogP contribution in [-0.4, -0.2) is 34.3 Å². The van der Waals surface area contributed by atoms with Crippen LogP contribution in [0.2, 0.25) is 15.1 Å². The largest absolute Gasteiger partial charge is 0.321 e.